The van der Waals surface area contributed by atoms with Crippen molar-refractivity contribution in [3.8, 4) is 34.1 Å². The van der Waals surface area contributed by atoms with E-state index in [1.54, 1.807) is 21.3 Å². The second-order valence-corrected chi connectivity index (χ2v) is 6.17. The van der Waals surface area contributed by atoms with E-state index >= 15 is 0 Å². The van der Waals surface area contributed by atoms with Gasteiger partial charge in [-0.3, -0.25) is 0 Å². The van der Waals surface area contributed by atoms with Gasteiger partial charge in [-0.2, -0.15) is 0 Å². The van der Waals surface area contributed by atoms with E-state index in [1.165, 1.54) is 5.56 Å². The fourth-order valence-corrected chi connectivity index (χ4v) is 4.02. The molecule has 0 radical (unpaired) electrons. The van der Waals surface area contributed by atoms with E-state index in [-0.39, 0.29) is 11.8 Å². The first-order valence-electron chi connectivity index (χ1n) is 8.10. The molecule has 2 aromatic rings. The maximum absolute atomic E-state index is 10.9. The van der Waals surface area contributed by atoms with Gasteiger partial charge >= 0.3 is 0 Å². The van der Waals surface area contributed by atoms with Gasteiger partial charge in [-0.05, 0) is 48.2 Å². The molecule has 1 heterocycles. The van der Waals surface area contributed by atoms with Gasteiger partial charge in [-0.15, -0.1) is 0 Å². The van der Waals surface area contributed by atoms with Gasteiger partial charge < -0.3 is 24.6 Å². The van der Waals surface area contributed by atoms with Gasteiger partial charge in [0.05, 0.1) is 21.3 Å². The van der Waals surface area contributed by atoms with E-state index in [1.807, 2.05) is 12.1 Å². The van der Waals surface area contributed by atoms with Crippen LogP contribution in [-0.2, 0) is 12.8 Å². The van der Waals surface area contributed by atoms with Crippen LogP contribution >= 0.6 is 0 Å². The van der Waals surface area contributed by atoms with Crippen molar-refractivity contribution in [3.05, 3.63) is 34.9 Å². The summed E-state index contributed by atoms with van der Waals surface area (Å²) < 4.78 is 16.5. The number of rotatable bonds is 3. The third-order valence-corrected chi connectivity index (χ3v) is 5.05. The summed E-state index contributed by atoms with van der Waals surface area (Å²) in [6.45, 7) is 0.924. The Bertz CT molecular complexity index is 816. The summed E-state index contributed by atoms with van der Waals surface area (Å²) in [5.74, 6) is 1.98. The van der Waals surface area contributed by atoms with Crippen molar-refractivity contribution >= 4 is 0 Å². The zero-order chi connectivity index (χ0) is 16.8. The third-order valence-electron chi connectivity index (χ3n) is 5.05. The quantitative estimate of drug-likeness (QED) is 0.908. The number of methoxy groups -OCH3 is 3. The van der Waals surface area contributed by atoms with Crippen molar-refractivity contribution in [2.75, 3.05) is 27.9 Å². The predicted molar refractivity (Wildman–Crippen MR) is 91.4 cm³/mol. The molecule has 5 nitrogen and oxygen atoms in total. The molecule has 0 saturated carbocycles. The third kappa shape index (κ3) is 1.97. The van der Waals surface area contributed by atoms with Gasteiger partial charge in [0.1, 0.15) is 0 Å². The number of fused-ring (bicyclic) bond motifs is 2. The lowest BCUT2D eigenvalue weighted by molar-refractivity contribution is 0.353. The maximum Gasteiger partial charge on any atom is 0.168 e. The Morgan fingerprint density at radius 1 is 1.00 bits per heavy atom. The first-order valence-corrected chi connectivity index (χ1v) is 8.10. The molecule has 1 aliphatic heterocycles. The van der Waals surface area contributed by atoms with Crippen molar-refractivity contribution in [1.82, 2.24) is 5.32 Å². The zero-order valence-electron chi connectivity index (χ0n) is 14.1. The number of ether oxygens (including phenoxy) is 3. The molecule has 4 rings (SSSR count). The van der Waals surface area contributed by atoms with Gasteiger partial charge in [-0.25, -0.2) is 0 Å². The van der Waals surface area contributed by atoms with Crippen LogP contribution in [0.4, 0.5) is 0 Å². The standard InChI is InChI=1S/C19H21NO4/c1-22-13-5-4-10-8-12-15-11(6-7-20-12)9-14(23-2)18(21)17(15)16(10)19(13)24-3/h4-5,9,12,20-21H,6-8H2,1-3H3/t12-/m1/s1. The second-order valence-electron chi connectivity index (χ2n) is 6.17. The van der Waals surface area contributed by atoms with Crippen LogP contribution < -0.4 is 19.5 Å². The average Bonchev–Trinajstić information content (AvgIpc) is 2.62. The Morgan fingerprint density at radius 2 is 1.79 bits per heavy atom. The maximum atomic E-state index is 10.9. The largest absolute Gasteiger partial charge is 0.504 e. The van der Waals surface area contributed by atoms with E-state index in [4.69, 9.17) is 14.2 Å². The Kier molecular flexibility index (Phi) is 3.53. The van der Waals surface area contributed by atoms with E-state index in [9.17, 15) is 5.11 Å². The summed E-state index contributed by atoms with van der Waals surface area (Å²) in [5.41, 5.74) is 5.22. The highest BCUT2D eigenvalue weighted by atomic mass is 16.5. The smallest absolute Gasteiger partial charge is 0.168 e. The monoisotopic (exact) mass is 327 g/mol. The van der Waals surface area contributed by atoms with Crippen molar-refractivity contribution in [2.24, 2.45) is 0 Å². The van der Waals surface area contributed by atoms with Crippen molar-refractivity contribution in [3.63, 3.8) is 0 Å². The van der Waals surface area contributed by atoms with Gasteiger partial charge in [0.15, 0.2) is 23.0 Å². The Labute approximate surface area is 141 Å². The highest BCUT2D eigenvalue weighted by Gasteiger charge is 2.35. The van der Waals surface area contributed by atoms with Crippen molar-refractivity contribution < 1.29 is 19.3 Å². The van der Waals surface area contributed by atoms with E-state index in [0.29, 0.717) is 17.2 Å². The normalized spacial score (nSPS) is 17.7. The van der Waals surface area contributed by atoms with E-state index in [2.05, 4.69) is 11.4 Å². The highest BCUT2D eigenvalue weighted by molar-refractivity contribution is 5.88. The summed E-state index contributed by atoms with van der Waals surface area (Å²) in [4.78, 5) is 0. The molecule has 1 atom stereocenters. The minimum atomic E-state index is 0.164. The minimum absolute atomic E-state index is 0.164. The first kappa shape index (κ1) is 15.1. The predicted octanol–water partition coefficient (Wildman–Crippen LogP) is 2.83. The lowest BCUT2D eigenvalue weighted by atomic mass is 9.77. The number of phenolic OH excluding ortho intramolecular Hbond substituents is 1. The SMILES string of the molecule is COc1cc2c3c(c1O)-c1c(ccc(OC)c1OC)C[C@H]3NCC2. The molecular weight excluding hydrogens is 306 g/mol. The van der Waals surface area contributed by atoms with Gasteiger partial charge in [-0.1, -0.05) is 6.07 Å². The van der Waals surface area contributed by atoms with Gasteiger partial charge in [0.2, 0.25) is 0 Å². The van der Waals surface area contributed by atoms with Gasteiger partial charge in [0, 0.05) is 17.2 Å². The van der Waals surface area contributed by atoms with Crippen LogP contribution in [0.1, 0.15) is 22.7 Å². The lowest BCUT2D eigenvalue weighted by Crippen LogP contribution is -2.33. The van der Waals surface area contributed by atoms with E-state index < -0.39 is 0 Å². The summed E-state index contributed by atoms with van der Waals surface area (Å²) in [6, 6.07) is 6.13. The Balaban J connectivity index is 2.10. The molecule has 0 saturated heterocycles. The summed E-state index contributed by atoms with van der Waals surface area (Å²) in [5, 5.41) is 14.4. The van der Waals surface area contributed by atoms with Crippen LogP contribution in [0.5, 0.6) is 23.0 Å². The number of nitrogens with one attached hydrogen (secondary N) is 1. The molecule has 0 aromatic heterocycles. The first-order chi connectivity index (χ1) is 11.7. The molecular formula is C19H21NO4. The fourth-order valence-electron chi connectivity index (χ4n) is 4.02. The lowest BCUT2D eigenvalue weighted by Gasteiger charge is -2.35. The summed E-state index contributed by atoms with van der Waals surface area (Å²) in [6.07, 6.45) is 1.78. The van der Waals surface area contributed by atoms with Crippen LogP contribution in [0.15, 0.2) is 18.2 Å². The number of hydrogen-bond donors (Lipinski definition) is 2. The molecule has 0 spiro atoms. The Hall–Kier alpha value is -2.40. The molecule has 2 N–H and O–H groups in total. The number of benzene rings is 2. The second kappa shape index (κ2) is 5.60. The van der Waals surface area contributed by atoms with Crippen molar-refractivity contribution in [1.29, 1.82) is 0 Å². The molecule has 126 valence electrons. The number of phenols is 1. The fraction of sp³-hybridized carbons (Fsp3) is 0.368. The summed E-state index contributed by atoms with van der Waals surface area (Å²) >= 11 is 0. The van der Waals surface area contributed by atoms with Crippen LogP contribution in [0, 0.1) is 0 Å². The molecule has 0 unspecified atom stereocenters. The molecule has 0 bridgehead atoms. The molecule has 2 aliphatic rings. The summed E-state index contributed by atoms with van der Waals surface area (Å²) in [7, 11) is 4.84. The molecule has 24 heavy (non-hydrogen) atoms. The van der Waals surface area contributed by atoms with Crippen LogP contribution in [0.25, 0.3) is 11.1 Å². The van der Waals surface area contributed by atoms with Crippen LogP contribution in [0.2, 0.25) is 0 Å². The zero-order valence-corrected chi connectivity index (χ0v) is 14.1. The molecule has 1 aliphatic carbocycles. The van der Waals surface area contributed by atoms with E-state index in [0.717, 1.165) is 41.6 Å². The van der Waals surface area contributed by atoms with Crippen molar-refractivity contribution in [2.45, 2.75) is 18.9 Å². The molecule has 0 amide bonds. The highest BCUT2D eigenvalue weighted by Crippen LogP contribution is 2.54. The topological polar surface area (TPSA) is 60.0 Å². The van der Waals surface area contributed by atoms with Gasteiger partial charge in [0.25, 0.3) is 0 Å². The number of hydrogen-bond acceptors (Lipinski definition) is 5. The molecule has 5 heteroatoms. The Morgan fingerprint density at radius 3 is 2.50 bits per heavy atom. The number of aromatic hydroxyl groups is 1. The molecule has 0 fully saturated rings. The average molecular weight is 327 g/mol. The minimum Gasteiger partial charge on any atom is -0.504 e. The molecule has 2 aromatic carbocycles. The van der Waals surface area contributed by atoms with Crippen LogP contribution in [-0.4, -0.2) is 33.0 Å². The van der Waals surface area contributed by atoms with Crippen LogP contribution in [0.3, 0.4) is 0 Å².